The summed E-state index contributed by atoms with van der Waals surface area (Å²) in [7, 11) is 0. The first-order valence-electron chi connectivity index (χ1n) is 11.5. The maximum Gasteiger partial charge on any atom is 0.0625 e. The molecule has 34 heavy (non-hydrogen) atoms. The molecular formula is C32H20ClN. The summed E-state index contributed by atoms with van der Waals surface area (Å²) in [6.45, 7) is 0. The predicted molar refractivity (Wildman–Crippen MR) is 146 cm³/mol. The molecule has 0 fully saturated rings. The van der Waals surface area contributed by atoms with E-state index < -0.39 is 0 Å². The van der Waals surface area contributed by atoms with E-state index in [4.69, 9.17) is 11.6 Å². The van der Waals surface area contributed by atoms with Crippen molar-refractivity contribution in [2.75, 3.05) is 0 Å². The van der Waals surface area contributed by atoms with Crippen LogP contribution in [-0.4, -0.2) is 4.57 Å². The number of fused-ring (bicyclic) bond motifs is 8. The fourth-order valence-corrected chi connectivity index (χ4v) is 5.47. The number of halogens is 1. The zero-order valence-corrected chi connectivity index (χ0v) is 19.1. The monoisotopic (exact) mass is 453 g/mol. The van der Waals surface area contributed by atoms with E-state index in [0.717, 1.165) is 10.6 Å². The van der Waals surface area contributed by atoms with Crippen molar-refractivity contribution < 1.29 is 0 Å². The molecule has 1 aromatic heterocycles. The highest BCUT2D eigenvalue weighted by Crippen LogP contribution is 2.43. The van der Waals surface area contributed by atoms with E-state index in [1.165, 1.54) is 54.6 Å². The van der Waals surface area contributed by atoms with Gasteiger partial charge in [0.1, 0.15) is 0 Å². The molecule has 0 spiro atoms. The molecule has 2 heteroatoms. The Morgan fingerprint density at radius 2 is 1.06 bits per heavy atom. The Kier molecular flexibility index (Phi) is 4.27. The number of aromatic nitrogens is 1. The molecule has 0 atom stereocenters. The summed E-state index contributed by atoms with van der Waals surface area (Å²) in [6, 6.07) is 43.1. The summed E-state index contributed by atoms with van der Waals surface area (Å²) in [6.07, 6.45) is 0. The number of hydrogen-bond acceptors (Lipinski definition) is 0. The summed E-state index contributed by atoms with van der Waals surface area (Å²) in [4.78, 5) is 0. The molecule has 0 saturated carbocycles. The van der Waals surface area contributed by atoms with Crippen LogP contribution in [0.2, 0.25) is 5.02 Å². The van der Waals surface area contributed by atoms with Crippen molar-refractivity contribution in [2.24, 2.45) is 0 Å². The lowest BCUT2D eigenvalue weighted by Gasteiger charge is -2.12. The quantitative estimate of drug-likeness (QED) is 0.230. The number of nitrogens with zero attached hydrogens (tertiary/aromatic N) is 1. The Bertz CT molecular complexity index is 1840. The van der Waals surface area contributed by atoms with Gasteiger partial charge in [0.15, 0.2) is 0 Å². The van der Waals surface area contributed by atoms with E-state index in [9.17, 15) is 0 Å². The predicted octanol–water partition coefficient (Wildman–Crippen LogP) is 9.41. The largest absolute Gasteiger partial charge is 0.309 e. The van der Waals surface area contributed by atoms with E-state index in [0.29, 0.717) is 0 Å². The van der Waals surface area contributed by atoms with Gasteiger partial charge in [-0.25, -0.2) is 0 Å². The van der Waals surface area contributed by atoms with Gasteiger partial charge in [-0.15, -0.1) is 0 Å². The Hall–Kier alpha value is -4.07. The highest BCUT2D eigenvalue weighted by atomic mass is 35.5. The van der Waals surface area contributed by atoms with Gasteiger partial charge in [0.05, 0.1) is 11.0 Å². The van der Waals surface area contributed by atoms with Crippen LogP contribution in [0.15, 0.2) is 121 Å². The van der Waals surface area contributed by atoms with Crippen LogP contribution in [0.25, 0.3) is 60.2 Å². The second kappa shape index (κ2) is 7.48. The second-order valence-corrected chi connectivity index (χ2v) is 9.16. The van der Waals surface area contributed by atoms with Gasteiger partial charge >= 0.3 is 0 Å². The molecular weight excluding hydrogens is 434 g/mol. The third-order valence-electron chi connectivity index (χ3n) is 6.83. The van der Waals surface area contributed by atoms with Gasteiger partial charge in [0.25, 0.3) is 0 Å². The van der Waals surface area contributed by atoms with E-state index in [1.807, 2.05) is 12.1 Å². The summed E-state index contributed by atoms with van der Waals surface area (Å²) < 4.78 is 2.42. The topological polar surface area (TPSA) is 4.93 Å². The number of rotatable bonds is 2. The molecule has 7 aromatic rings. The van der Waals surface area contributed by atoms with Crippen molar-refractivity contribution >= 4 is 55.0 Å². The number of para-hydroxylation sites is 1. The van der Waals surface area contributed by atoms with Crippen LogP contribution in [0.1, 0.15) is 0 Å². The average Bonchev–Trinajstić information content (AvgIpc) is 3.25. The Balaban J connectivity index is 1.72. The van der Waals surface area contributed by atoms with Crippen LogP contribution >= 0.6 is 11.6 Å². The molecule has 0 saturated heterocycles. The standard InChI is InChI=1S/C32H20ClN/c33-23-17-14-21(15-18-23)22-16-19-30-29(20-22)31-27-12-6-4-10-25(27)26-11-5-7-13-28(26)32(31)34(30)24-8-2-1-3-9-24/h1-20H. The first kappa shape index (κ1) is 19.4. The summed E-state index contributed by atoms with van der Waals surface area (Å²) in [5.74, 6) is 0. The van der Waals surface area contributed by atoms with Gasteiger partial charge in [-0.3, -0.25) is 0 Å². The lowest BCUT2D eigenvalue weighted by Crippen LogP contribution is -1.94. The highest BCUT2D eigenvalue weighted by Gasteiger charge is 2.19. The van der Waals surface area contributed by atoms with Gasteiger partial charge in [-0.1, -0.05) is 96.5 Å². The minimum Gasteiger partial charge on any atom is -0.309 e. The van der Waals surface area contributed by atoms with E-state index in [2.05, 4.69) is 114 Å². The van der Waals surface area contributed by atoms with Gasteiger partial charge in [-0.05, 0) is 63.7 Å². The first-order valence-corrected chi connectivity index (χ1v) is 11.9. The lowest BCUT2D eigenvalue weighted by atomic mass is 9.96. The molecule has 0 amide bonds. The van der Waals surface area contributed by atoms with E-state index in [1.54, 1.807) is 0 Å². The fraction of sp³-hybridized carbons (Fsp3) is 0. The van der Waals surface area contributed by atoms with Gasteiger partial charge < -0.3 is 4.57 Å². The maximum atomic E-state index is 6.16. The van der Waals surface area contributed by atoms with Crippen LogP contribution < -0.4 is 0 Å². The molecule has 1 heterocycles. The van der Waals surface area contributed by atoms with Gasteiger partial charge in [-0.2, -0.15) is 0 Å². The third-order valence-corrected chi connectivity index (χ3v) is 7.08. The molecule has 0 aliphatic heterocycles. The van der Waals surface area contributed by atoms with Crippen molar-refractivity contribution in [1.82, 2.24) is 4.57 Å². The summed E-state index contributed by atoms with van der Waals surface area (Å²) >= 11 is 6.16. The van der Waals surface area contributed by atoms with Crippen LogP contribution in [-0.2, 0) is 0 Å². The molecule has 6 aromatic carbocycles. The van der Waals surface area contributed by atoms with E-state index in [-0.39, 0.29) is 0 Å². The molecule has 0 aliphatic carbocycles. The van der Waals surface area contributed by atoms with Crippen LogP contribution in [0.5, 0.6) is 0 Å². The Morgan fingerprint density at radius 1 is 0.471 bits per heavy atom. The van der Waals surface area contributed by atoms with Gasteiger partial charge in [0, 0.05) is 26.9 Å². The fourth-order valence-electron chi connectivity index (χ4n) is 5.35. The Labute approximate surface area is 202 Å². The minimum absolute atomic E-state index is 0.753. The molecule has 1 nitrogen and oxygen atoms in total. The molecule has 160 valence electrons. The van der Waals surface area contributed by atoms with Crippen molar-refractivity contribution in [2.45, 2.75) is 0 Å². The van der Waals surface area contributed by atoms with E-state index >= 15 is 0 Å². The van der Waals surface area contributed by atoms with Crippen molar-refractivity contribution in [3.8, 4) is 16.8 Å². The molecule has 0 N–H and O–H groups in total. The van der Waals surface area contributed by atoms with Crippen LogP contribution in [0.4, 0.5) is 0 Å². The second-order valence-electron chi connectivity index (χ2n) is 8.72. The van der Waals surface area contributed by atoms with Crippen molar-refractivity contribution in [3.05, 3.63) is 126 Å². The highest BCUT2D eigenvalue weighted by molar-refractivity contribution is 6.32. The smallest absolute Gasteiger partial charge is 0.0625 e. The normalized spacial score (nSPS) is 11.7. The zero-order valence-electron chi connectivity index (χ0n) is 18.4. The number of benzene rings is 6. The summed E-state index contributed by atoms with van der Waals surface area (Å²) in [5.41, 5.74) is 5.98. The third kappa shape index (κ3) is 2.81. The molecule has 0 aliphatic rings. The SMILES string of the molecule is Clc1ccc(-c2ccc3c(c2)c2c4ccccc4c4ccccc4c2n3-c2ccccc2)cc1. The van der Waals surface area contributed by atoms with Crippen LogP contribution in [0.3, 0.4) is 0 Å². The van der Waals surface area contributed by atoms with Crippen LogP contribution in [0, 0.1) is 0 Å². The maximum absolute atomic E-state index is 6.16. The molecule has 7 rings (SSSR count). The lowest BCUT2D eigenvalue weighted by molar-refractivity contribution is 1.19. The first-order chi connectivity index (χ1) is 16.8. The minimum atomic E-state index is 0.753. The van der Waals surface area contributed by atoms with Crippen molar-refractivity contribution in [1.29, 1.82) is 0 Å². The number of hydrogen-bond donors (Lipinski definition) is 0. The van der Waals surface area contributed by atoms with Gasteiger partial charge in [0.2, 0.25) is 0 Å². The summed E-state index contributed by atoms with van der Waals surface area (Å²) in [5, 5.41) is 8.42. The molecule has 0 bridgehead atoms. The Morgan fingerprint density at radius 3 is 1.79 bits per heavy atom. The zero-order chi connectivity index (χ0) is 22.6. The molecule has 0 unspecified atom stereocenters. The molecule has 0 radical (unpaired) electrons. The average molecular weight is 454 g/mol. The van der Waals surface area contributed by atoms with Crippen molar-refractivity contribution in [3.63, 3.8) is 0 Å².